The molecule has 0 aliphatic heterocycles. The number of rotatable bonds is 4. The largest absolute Gasteiger partial charge is 0.433 e. The molecule has 3 aromatic rings. The Morgan fingerprint density at radius 2 is 1.79 bits per heavy atom. The molecular formula is C19H12F5N5. The predicted molar refractivity (Wildman–Crippen MR) is 94.3 cm³/mol. The monoisotopic (exact) mass is 405 g/mol. The zero-order valence-electron chi connectivity index (χ0n) is 14.8. The number of nitriles is 1. The van der Waals surface area contributed by atoms with E-state index in [1.807, 2.05) is 0 Å². The highest BCUT2D eigenvalue weighted by atomic mass is 19.4. The molecular weight excluding hydrogens is 393 g/mol. The zero-order valence-corrected chi connectivity index (χ0v) is 14.8. The molecule has 2 heterocycles. The van der Waals surface area contributed by atoms with Gasteiger partial charge in [0.1, 0.15) is 17.5 Å². The van der Waals surface area contributed by atoms with Crippen LogP contribution < -0.4 is 0 Å². The second-order valence-corrected chi connectivity index (χ2v) is 6.14. The third kappa shape index (κ3) is 4.63. The van der Waals surface area contributed by atoms with Crippen molar-refractivity contribution in [2.24, 2.45) is 0 Å². The maximum Gasteiger partial charge on any atom is 0.433 e. The molecule has 0 saturated carbocycles. The van der Waals surface area contributed by atoms with Crippen LogP contribution in [0.5, 0.6) is 0 Å². The highest BCUT2D eigenvalue weighted by Crippen LogP contribution is 2.33. The van der Waals surface area contributed by atoms with Crippen molar-refractivity contribution in [3.05, 3.63) is 64.6 Å². The average Bonchev–Trinajstić information content (AvgIpc) is 3.14. The molecule has 0 aliphatic carbocycles. The van der Waals surface area contributed by atoms with Gasteiger partial charge in [0.25, 0.3) is 5.92 Å². The highest BCUT2D eigenvalue weighted by molar-refractivity contribution is 5.74. The third-order valence-electron chi connectivity index (χ3n) is 3.90. The topological polar surface area (TPSA) is 78.2 Å². The molecule has 0 aliphatic rings. The summed E-state index contributed by atoms with van der Waals surface area (Å²) in [5.74, 6) is -3.19. The van der Waals surface area contributed by atoms with Gasteiger partial charge in [0.05, 0.1) is 5.69 Å². The van der Waals surface area contributed by atoms with Crippen LogP contribution in [0.3, 0.4) is 0 Å². The second-order valence-electron chi connectivity index (χ2n) is 6.14. The summed E-state index contributed by atoms with van der Waals surface area (Å²) in [4.78, 5) is 3.50. The molecule has 1 N–H and O–H groups in total. The van der Waals surface area contributed by atoms with E-state index in [1.165, 1.54) is 42.5 Å². The van der Waals surface area contributed by atoms with Gasteiger partial charge in [0.15, 0.2) is 5.69 Å². The van der Waals surface area contributed by atoms with Crippen LogP contribution in [0.2, 0.25) is 0 Å². The summed E-state index contributed by atoms with van der Waals surface area (Å²) in [5.41, 5.74) is -0.902. The van der Waals surface area contributed by atoms with Crippen molar-refractivity contribution in [1.82, 2.24) is 20.4 Å². The number of aromatic nitrogens is 4. The van der Waals surface area contributed by atoms with Gasteiger partial charge in [-0.1, -0.05) is 12.1 Å². The maximum absolute atomic E-state index is 13.9. The van der Waals surface area contributed by atoms with E-state index in [-0.39, 0.29) is 33.8 Å². The molecule has 0 bridgehead atoms. The fourth-order valence-corrected chi connectivity index (χ4v) is 2.53. The van der Waals surface area contributed by atoms with Gasteiger partial charge in [-0.05, 0) is 42.0 Å². The van der Waals surface area contributed by atoms with E-state index in [1.54, 1.807) is 6.07 Å². The Kier molecular flexibility index (Phi) is 5.16. The normalized spacial score (nSPS) is 12.3. The molecule has 5 nitrogen and oxygen atoms in total. The fraction of sp³-hybridized carbons (Fsp3) is 0.158. The first-order valence-electron chi connectivity index (χ1n) is 8.15. The smallest absolute Gasteiger partial charge is 0.244 e. The van der Waals surface area contributed by atoms with Crippen LogP contribution in [-0.2, 0) is 12.1 Å². The van der Waals surface area contributed by atoms with Crippen molar-refractivity contribution in [2.45, 2.75) is 19.0 Å². The molecule has 0 radical (unpaired) electrons. The number of benzene rings is 1. The van der Waals surface area contributed by atoms with Crippen LogP contribution in [0.1, 0.15) is 35.1 Å². The summed E-state index contributed by atoms with van der Waals surface area (Å²) < 4.78 is 66.2. The molecule has 1 aromatic carbocycles. The Labute approximate surface area is 161 Å². The van der Waals surface area contributed by atoms with Gasteiger partial charge in [-0.15, -0.1) is 5.10 Å². The van der Waals surface area contributed by atoms with E-state index >= 15 is 0 Å². The lowest BCUT2D eigenvalue weighted by atomic mass is 9.99. The molecule has 0 spiro atoms. The molecule has 10 heteroatoms. The molecule has 0 saturated heterocycles. The zero-order chi connectivity index (χ0) is 21.2. The summed E-state index contributed by atoms with van der Waals surface area (Å²) in [6, 6.07) is 9.04. The highest BCUT2D eigenvalue weighted by Gasteiger charge is 2.32. The standard InChI is InChI=1S/C19H12F5N5/c1-18(20,21)13-8-11(7-12(9-13)17-15(10-25)27-29-28-17)5-6-14-3-2-4-16(26-14)19(22,23)24/h2-9H,1H3,(H,27,28,29)/b6-5+. The van der Waals surface area contributed by atoms with Gasteiger partial charge >= 0.3 is 6.18 Å². The van der Waals surface area contributed by atoms with Crippen molar-refractivity contribution in [3.8, 4) is 17.3 Å². The van der Waals surface area contributed by atoms with Crippen molar-refractivity contribution < 1.29 is 22.0 Å². The van der Waals surface area contributed by atoms with Crippen LogP contribution >= 0.6 is 0 Å². The number of pyridine rings is 1. The molecule has 3 rings (SSSR count). The second kappa shape index (κ2) is 7.43. The average molecular weight is 405 g/mol. The first-order valence-corrected chi connectivity index (χ1v) is 8.15. The number of hydrogen-bond acceptors (Lipinski definition) is 4. The Bertz CT molecular complexity index is 1100. The van der Waals surface area contributed by atoms with Crippen molar-refractivity contribution >= 4 is 12.2 Å². The summed E-state index contributed by atoms with van der Waals surface area (Å²) in [6.07, 6.45) is -1.96. The summed E-state index contributed by atoms with van der Waals surface area (Å²) >= 11 is 0. The van der Waals surface area contributed by atoms with Crippen LogP contribution in [0, 0.1) is 11.3 Å². The Morgan fingerprint density at radius 3 is 2.45 bits per heavy atom. The van der Waals surface area contributed by atoms with Crippen LogP contribution in [0.15, 0.2) is 36.4 Å². The SMILES string of the molecule is CC(F)(F)c1cc(/C=C/c2cccc(C(F)(F)F)n2)cc(-c2n[nH]nc2C#N)c1. The van der Waals surface area contributed by atoms with E-state index in [4.69, 9.17) is 5.26 Å². The molecule has 148 valence electrons. The van der Waals surface area contributed by atoms with E-state index in [0.29, 0.717) is 6.92 Å². The summed E-state index contributed by atoms with van der Waals surface area (Å²) in [5, 5.41) is 18.8. The molecule has 0 atom stereocenters. The number of nitrogens with one attached hydrogen (secondary N) is 1. The number of alkyl halides is 5. The van der Waals surface area contributed by atoms with Gasteiger partial charge in [-0.25, -0.2) is 13.8 Å². The van der Waals surface area contributed by atoms with Gasteiger partial charge in [-0.2, -0.15) is 28.7 Å². The van der Waals surface area contributed by atoms with Gasteiger partial charge < -0.3 is 0 Å². The number of halogens is 5. The molecule has 0 fully saturated rings. The van der Waals surface area contributed by atoms with Crippen molar-refractivity contribution in [3.63, 3.8) is 0 Å². The number of hydrogen-bond donors (Lipinski definition) is 1. The maximum atomic E-state index is 13.9. The molecule has 0 amide bonds. The summed E-state index contributed by atoms with van der Waals surface area (Å²) in [7, 11) is 0. The van der Waals surface area contributed by atoms with Crippen molar-refractivity contribution in [2.75, 3.05) is 0 Å². The van der Waals surface area contributed by atoms with Crippen LogP contribution in [0.25, 0.3) is 23.4 Å². The minimum absolute atomic E-state index is 0.00851. The number of H-pyrrole nitrogens is 1. The first kappa shape index (κ1) is 20.1. The van der Waals surface area contributed by atoms with Gasteiger partial charge in [0, 0.05) is 18.1 Å². The number of aromatic amines is 1. The lowest BCUT2D eigenvalue weighted by Gasteiger charge is -2.13. The lowest BCUT2D eigenvalue weighted by Crippen LogP contribution is -2.08. The predicted octanol–water partition coefficient (Wildman–Crippen LogP) is 5.04. The van der Waals surface area contributed by atoms with Gasteiger partial charge in [0.2, 0.25) is 0 Å². The molecule has 2 aromatic heterocycles. The Morgan fingerprint density at radius 1 is 1.03 bits per heavy atom. The quantitative estimate of drug-likeness (QED) is 0.617. The Balaban J connectivity index is 2.05. The first-order chi connectivity index (χ1) is 13.6. The number of nitrogens with zero attached hydrogens (tertiary/aromatic N) is 4. The molecule has 29 heavy (non-hydrogen) atoms. The van der Waals surface area contributed by atoms with Gasteiger partial charge in [-0.3, -0.25) is 0 Å². The third-order valence-corrected chi connectivity index (χ3v) is 3.90. The Hall–Kier alpha value is -3.61. The van der Waals surface area contributed by atoms with Crippen molar-refractivity contribution in [1.29, 1.82) is 5.26 Å². The molecule has 0 unspecified atom stereocenters. The van der Waals surface area contributed by atoms with Crippen LogP contribution in [0.4, 0.5) is 22.0 Å². The van der Waals surface area contributed by atoms with E-state index in [9.17, 15) is 22.0 Å². The van der Waals surface area contributed by atoms with E-state index in [0.717, 1.165) is 6.07 Å². The van der Waals surface area contributed by atoms with Crippen LogP contribution in [-0.4, -0.2) is 20.4 Å². The minimum Gasteiger partial charge on any atom is -0.244 e. The minimum atomic E-state index is -4.60. The fourth-order valence-electron chi connectivity index (χ4n) is 2.53. The summed E-state index contributed by atoms with van der Waals surface area (Å²) in [6.45, 7) is 0.710. The van der Waals surface area contributed by atoms with E-state index in [2.05, 4.69) is 20.4 Å². The lowest BCUT2D eigenvalue weighted by molar-refractivity contribution is -0.141. The van der Waals surface area contributed by atoms with E-state index < -0.39 is 17.8 Å².